The van der Waals surface area contributed by atoms with Gasteiger partial charge in [0.15, 0.2) is 0 Å². The van der Waals surface area contributed by atoms with Crippen LogP contribution in [0.1, 0.15) is 30.2 Å². The van der Waals surface area contributed by atoms with Gasteiger partial charge in [0.2, 0.25) is 0 Å². The molecule has 0 spiro atoms. The highest BCUT2D eigenvalue weighted by atomic mass is 35.5. The van der Waals surface area contributed by atoms with E-state index in [1.165, 1.54) is 0 Å². The number of carbonyl (C=O) groups is 1. The molecule has 0 aliphatic carbocycles. The summed E-state index contributed by atoms with van der Waals surface area (Å²) in [5.41, 5.74) is 1.65. The predicted molar refractivity (Wildman–Crippen MR) is 112 cm³/mol. The molecule has 0 saturated heterocycles. The fraction of sp³-hybridized carbons (Fsp3) is 0.190. The van der Waals surface area contributed by atoms with Gasteiger partial charge in [-0.25, -0.2) is 9.97 Å². The number of ether oxygens (including phenoxy) is 1. The number of hydrogen-bond acceptors (Lipinski definition) is 5. The van der Waals surface area contributed by atoms with Crippen molar-refractivity contribution in [2.24, 2.45) is 0 Å². The lowest BCUT2D eigenvalue weighted by molar-refractivity contribution is 0.102. The Hall–Kier alpha value is -3.12. The number of carbonyl (C=O) groups excluding carboxylic acids is 1. The molecule has 28 heavy (non-hydrogen) atoms. The summed E-state index contributed by atoms with van der Waals surface area (Å²) in [6.45, 7) is 5.66. The Kier molecular flexibility index (Phi) is 6.11. The number of aromatic nitrogens is 2. The molecule has 3 rings (SSSR count). The molecular formula is C21H21ClN4O2. The van der Waals surface area contributed by atoms with Crippen LogP contribution >= 0.6 is 11.6 Å². The van der Waals surface area contributed by atoms with Gasteiger partial charge in [-0.2, -0.15) is 0 Å². The van der Waals surface area contributed by atoms with Gasteiger partial charge in [0.1, 0.15) is 23.1 Å². The molecule has 0 radical (unpaired) electrons. The van der Waals surface area contributed by atoms with E-state index in [4.69, 9.17) is 16.3 Å². The number of nitrogens with one attached hydrogen (secondary N) is 2. The average Bonchev–Trinajstić information content (AvgIpc) is 2.64. The largest absolute Gasteiger partial charge is 0.489 e. The molecular weight excluding hydrogens is 376 g/mol. The van der Waals surface area contributed by atoms with Crippen molar-refractivity contribution in [1.29, 1.82) is 0 Å². The van der Waals surface area contributed by atoms with E-state index in [2.05, 4.69) is 20.6 Å². The van der Waals surface area contributed by atoms with Crippen molar-refractivity contribution in [1.82, 2.24) is 9.97 Å². The van der Waals surface area contributed by atoms with Gasteiger partial charge in [0.05, 0.1) is 11.8 Å². The summed E-state index contributed by atoms with van der Waals surface area (Å²) >= 11 is 5.88. The first-order valence-corrected chi connectivity index (χ1v) is 9.24. The molecule has 144 valence electrons. The third kappa shape index (κ3) is 5.20. The van der Waals surface area contributed by atoms with E-state index in [9.17, 15) is 4.79 Å². The van der Waals surface area contributed by atoms with Crippen LogP contribution in [0.4, 0.5) is 17.2 Å². The van der Waals surface area contributed by atoms with Crippen LogP contribution in [0.5, 0.6) is 5.75 Å². The maximum Gasteiger partial charge on any atom is 0.274 e. The Balaban J connectivity index is 1.82. The minimum atomic E-state index is -0.331. The Labute approximate surface area is 168 Å². The Morgan fingerprint density at radius 2 is 1.79 bits per heavy atom. The number of hydrogen-bond donors (Lipinski definition) is 2. The van der Waals surface area contributed by atoms with Crippen molar-refractivity contribution < 1.29 is 9.53 Å². The molecule has 0 atom stereocenters. The van der Waals surface area contributed by atoms with Crippen LogP contribution in [-0.2, 0) is 0 Å². The summed E-state index contributed by atoms with van der Waals surface area (Å²) < 4.78 is 5.82. The predicted octanol–water partition coefficient (Wildman–Crippen LogP) is 5.22. The second-order valence-corrected chi connectivity index (χ2v) is 6.87. The monoisotopic (exact) mass is 396 g/mol. The first-order valence-electron chi connectivity index (χ1n) is 8.86. The van der Waals surface area contributed by atoms with E-state index in [-0.39, 0.29) is 17.7 Å². The van der Waals surface area contributed by atoms with Crippen LogP contribution < -0.4 is 15.4 Å². The van der Waals surface area contributed by atoms with Crippen LogP contribution in [0.2, 0.25) is 5.02 Å². The quantitative estimate of drug-likeness (QED) is 0.597. The lowest BCUT2D eigenvalue weighted by atomic mass is 10.2. The van der Waals surface area contributed by atoms with Gasteiger partial charge in [0.25, 0.3) is 5.91 Å². The third-order valence-electron chi connectivity index (χ3n) is 3.69. The van der Waals surface area contributed by atoms with E-state index >= 15 is 0 Å². The molecule has 6 nitrogen and oxygen atoms in total. The van der Waals surface area contributed by atoms with E-state index in [1.807, 2.05) is 38.1 Å². The summed E-state index contributed by atoms with van der Waals surface area (Å²) in [6, 6.07) is 16.1. The molecule has 0 fully saturated rings. The standard InChI is InChI=1S/C21H21ClN4O2/c1-13(2)28-19-7-5-4-6-17(19)26-20-12-18(23-14(3)24-20)21(27)25-16-10-8-15(22)9-11-16/h4-13H,1-3H3,(H,25,27)(H,23,24,26). The van der Waals surface area contributed by atoms with E-state index in [0.717, 1.165) is 5.69 Å². The molecule has 3 aromatic rings. The first-order chi connectivity index (χ1) is 13.4. The number of rotatable bonds is 6. The SMILES string of the molecule is Cc1nc(Nc2ccccc2OC(C)C)cc(C(=O)Nc2ccc(Cl)cc2)n1. The fourth-order valence-corrected chi connectivity index (χ4v) is 2.67. The Morgan fingerprint density at radius 3 is 2.50 bits per heavy atom. The Morgan fingerprint density at radius 1 is 1.07 bits per heavy atom. The van der Waals surface area contributed by atoms with E-state index in [1.54, 1.807) is 37.3 Å². The molecule has 2 N–H and O–H groups in total. The summed E-state index contributed by atoms with van der Waals surface area (Å²) in [5, 5.41) is 6.61. The van der Waals surface area contributed by atoms with Gasteiger partial charge in [-0.05, 0) is 57.2 Å². The van der Waals surface area contributed by atoms with Gasteiger partial charge in [-0.15, -0.1) is 0 Å². The zero-order valence-corrected chi connectivity index (χ0v) is 16.6. The molecule has 0 unspecified atom stereocenters. The van der Waals surface area contributed by atoms with Gasteiger partial charge in [0, 0.05) is 16.8 Å². The van der Waals surface area contributed by atoms with Crippen LogP contribution in [0, 0.1) is 6.92 Å². The van der Waals surface area contributed by atoms with Crippen molar-refractivity contribution in [3.8, 4) is 5.75 Å². The number of halogens is 1. The highest BCUT2D eigenvalue weighted by molar-refractivity contribution is 6.30. The maximum absolute atomic E-state index is 12.6. The second kappa shape index (κ2) is 8.71. The topological polar surface area (TPSA) is 76.1 Å². The van der Waals surface area contributed by atoms with E-state index in [0.29, 0.717) is 28.1 Å². The highest BCUT2D eigenvalue weighted by Gasteiger charge is 2.13. The number of nitrogens with zero attached hydrogens (tertiary/aromatic N) is 2. The van der Waals surface area contributed by atoms with Gasteiger partial charge >= 0.3 is 0 Å². The number of aryl methyl sites for hydroxylation is 1. The van der Waals surface area contributed by atoms with Crippen molar-refractivity contribution in [2.45, 2.75) is 26.9 Å². The van der Waals surface area contributed by atoms with Crippen LogP contribution in [0.15, 0.2) is 54.6 Å². The summed E-state index contributed by atoms with van der Waals surface area (Å²) in [6.07, 6.45) is 0.0378. The molecule has 7 heteroatoms. The lowest BCUT2D eigenvalue weighted by Crippen LogP contribution is -2.15. The van der Waals surface area contributed by atoms with Crippen LogP contribution in [-0.4, -0.2) is 22.0 Å². The normalized spacial score (nSPS) is 10.6. The maximum atomic E-state index is 12.6. The minimum Gasteiger partial charge on any atom is -0.489 e. The number of benzene rings is 2. The van der Waals surface area contributed by atoms with Crippen molar-refractivity contribution >= 4 is 34.7 Å². The number of para-hydroxylation sites is 2. The molecule has 0 saturated carbocycles. The van der Waals surface area contributed by atoms with Gasteiger partial charge in [-0.3, -0.25) is 4.79 Å². The number of anilines is 3. The molecule has 1 aromatic heterocycles. The average molecular weight is 397 g/mol. The summed E-state index contributed by atoms with van der Waals surface area (Å²) in [7, 11) is 0. The summed E-state index contributed by atoms with van der Waals surface area (Å²) in [5.74, 6) is 1.37. The summed E-state index contributed by atoms with van der Waals surface area (Å²) in [4.78, 5) is 21.2. The minimum absolute atomic E-state index is 0.0378. The molecule has 1 amide bonds. The second-order valence-electron chi connectivity index (χ2n) is 6.43. The Bertz CT molecular complexity index is 974. The molecule has 0 aliphatic rings. The third-order valence-corrected chi connectivity index (χ3v) is 3.94. The van der Waals surface area contributed by atoms with Gasteiger partial charge < -0.3 is 15.4 Å². The molecule has 2 aromatic carbocycles. The van der Waals surface area contributed by atoms with Crippen LogP contribution in [0.25, 0.3) is 0 Å². The van der Waals surface area contributed by atoms with E-state index < -0.39 is 0 Å². The van der Waals surface area contributed by atoms with Gasteiger partial charge in [-0.1, -0.05) is 23.7 Å². The lowest BCUT2D eigenvalue weighted by Gasteiger charge is -2.15. The zero-order chi connectivity index (χ0) is 20.1. The molecule has 0 aliphatic heterocycles. The molecule has 1 heterocycles. The van der Waals surface area contributed by atoms with Crippen molar-refractivity contribution in [3.05, 3.63) is 71.1 Å². The highest BCUT2D eigenvalue weighted by Crippen LogP contribution is 2.28. The molecule has 0 bridgehead atoms. The fourth-order valence-electron chi connectivity index (χ4n) is 2.54. The van der Waals surface area contributed by atoms with Crippen molar-refractivity contribution in [3.63, 3.8) is 0 Å². The zero-order valence-electron chi connectivity index (χ0n) is 15.9. The van der Waals surface area contributed by atoms with Crippen molar-refractivity contribution in [2.75, 3.05) is 10.6 Å². The van der Waals surface area contributed by atoms with Crippen LogP contribution in [0.3, 0.4) is 0 Å². The first kappa shape index (κ1) is 19.6. The smallest absolute Gasteiger partial charge is 0.274 e. The number of amides is 1.